The summed E-state index contributed by atoms with van der Waals surface area (Å²) < 4.78 is 0. The smallest absolute Gasteiger partial charge is 0.305 e. The normalized spacial score (nSPS) is 12.7. The number of hydrogen-bond donors (Lipinski definition) is 14. The second-order valence-corrected chi connectivity index (χ2v) is 10.1. The molecule has 8 amide bonds. The van der Waals surface area contributed by atoms with Crippen LogP contribution in [-0.4, -0.2) is 145 Å². The Labute approximate surface area is 280 Å². The van der Waals surface area contributed by atoms with E-state index in [4.69, 9.17) is 11.1 Å². The fourth-order valence-electron chi connectivity index (χ4n) is 3.71. The Morgan fingerprint density at radius 3 is 1.55 bits per heavy atom. The molecule has 15 N–H and O–H groups in total. The predicted molar refractivity (Wildman–Crippen MR) is 167 cm³/mol. The van der Waals surface area contributed by atoms with E-state index >= 15 is 0 Å². The minimum Gasteiger partial charge on any atom is -0.481 e. The Bertz CT molecular complexity index is 1220. The predicted octanol–water partition coefficient (Wildman–Crippen LogP) is -7.85. The number of carbonyl (C=O) groups is 9. The van der Waals surface area contributed by atoms with Crippen LogP contribution < -0.4 is 53.6 Å². The van der Waals surface area contributed by atoms with Crippen molar-refractivity contribution in [1.29, 1.82) is 5.41 Å². The molecule has 1 unspecified atom stereocenters. The Morgan fingerprint density at radius 1 is 0.633 bits per heavy atom. The maximum absolute atomic E-state index is 12.8. The van der Waals surface area contributed by atoms with Gasteiger partial charge in [-0.15, -0.1) is 0 Å². The number of guanidine groups is 1. The molecule has 0 rings (SSSR count). The highest BCUT2D eigenvalue weighted by molar-refractivity contribution is 5.97. The molecule has 0 aromatic rings. The molecule has 0 aromatic carbocycles. The highest BCUT2D eigenvalue weighted by atomic mass is 16.4. The van der Waals surface area contributed by atoms with Gasteiger partial charge in [-0.2, -0.15) is 0 Å². The molecule has 0 spiro atoms. The lowest BCUT2D eigenvalue weighted by atomic mass is 10.1. The van der Waals surface area contributed by atoms with Crippen LogP contribution in [0.25, 0.3) is 0 Å². The summed E-state index contributed by atoms with van der Waals surface area (Å²) in [5, 5.41) is 55.5. The zero-order chi connectivity index (χ0) is 37.5. The number of nitrogens with two attached hydrogens (primary N) is 1. The van der Waals surface area contributed by atoms with Crippen molar-refractivity contribution in [2.75, 3.05) is 45.9 Å². The third kappa shape index (κ3) is 19.6. The van der Waals surface area contributed by atoms with Gasteiger partial charge in [-0.25, -0.2) is 0 Å². The van der Waals surface area contributed by atoms with Crippen LogP contribution in [0.4, 0.5) is 0 Å². The van der Waals surface area contributed by atoms with E-state index in [0.29, 0.717) is 13.0 Å². The first-order chi connectivity index (χ1) is 23.0. The van der Waals surface area contributed by atoms with Crippen LogP contribution in [-0.2, 0) is 43.2 Å². The molecule has 49 heavy (non-hydrogen) atoms. The van der Waals surface area contributed by atoms with Gasteiger partial charge in [0.15, 0.2) is 5.96 Å². The highest BCUT2D eigenvalue weighted by Crippen LogP contribution is 1.99. The van der Waals surface area contributed by atoms with Gasteiger partial charge >= 0.3 is 5.97 Å². The molecule has 0 aliphatic carbocycles. The number of nitrogens with one attached hydrogen (secondary N) is 10. The van der Waals surface area contributed by atoms with Gasteiger partial charge in [0, 0.05) is 20.0 Å². The summed E-state index contributed by atoms with van der Waals surface area (Å²) >= 11 is 0. The molecule has 276 valence electrons. The second-order valence-electron chi connectivity index (χ2n) is 10.1. The van der Waals surface area contributed by atoms with Gasteiger partial charge in [0.25, 0.3) is 0 Å². The molecule has 0 aliphatic heterocycles. The molecular formula is C26H45N11O12. The monoisotopic (exact) mass is 703 g/mol. The van der Waals surface area contributed by atoms with Gasteiger partial charge in [0.2, 0.25) is 47.3 Å². The SMILES string of the molecule is CCNC(=O)CNC(=O)[C@H](CO)NC(=O)CNC(=O)[C@H](CO)NC(=O)[C@H](CC(=O)O)NC(=O)CNC(=O)C(CCCNC(=N)N)NC(C)=O. The second kappa shape index (κ2) is 23.7. The van der Waals surface area contributed by atoms with Crippen LogP contribution in [0.2, 0.25) is 0 Å². The molecule has 0 aromatic heterocycles. The van der Waals surface area contributed by atoms with Crippen molar-refractivity contribution >= 4 is 59.2 Å². The first-order valence-corrected chi connectivity index (χ1v) is 14.8. The van der Waals surface area contributed by atoms with E-state index in [-0.39, 0.29) is 18.9 Å². The van der Waals surface area contributed by atoms with Crippen LogP contribution in [0.5, 0.6) is 0 Å². The van der Waals surface area contributed by atoms with Gasteiger partial charge in [-0.1, -0.05) is 0 Å². The van der Waals surface area contributed by atoms with Gasteiger partial charge in [0.1, 0.15) is 24.2 Å². The summed E-state index contributed by atoms with van der Waals surface area (Å²) in [6.07, 6.45) is -0.577. The molecule has 0 fully saturated rings. The lowest BCUT2D eigenvalue weighted by molar-refractivity contribution is -0.141. The summed E-state index contributed by atoms with van der Waals surface area (Å²) in [4.78, 5) is 109. The number of hydrogen-bond acceptors (Lipinski definition) is 12. The van der Waals surface area contributed by atoms with Gasteiger partial charge in [-0.3, -0.25) is 48.6 Å². The number of rotatable bonds is 23. The fourth-order valence-corrected chi connectivity index (χ4v) is 3.71. The lowest BCUT2D eigenvalue weighted by Crippen LogP contribution is -2.57. The van der Waals surface area contributed by atoms with E-state index in [1.807, 2.05) is 5.32 Å². The van der Waals surface area contributed by atoms with Crippen LogP contribution in [0, 0.1) is 5.41 Å². The molecular weight excluding hydrogens is 658 g/mol. The summed E-state index contributed by atoms with van der Waals surface area (Å²) in [6.45, 7) is -0.506. The molecule has 23 nitrogen and oxygen atoms in total. The number of likely N-dealkylation sites (N-methyl/N-ethyl adjacent to an activating group) is 1. The Balaban J connectivity index is 5.14. The van der Waals surface area contributed by atoms with Crippen molar-refractivity contribution < 1.29 is 58.5 Å². The maximum atomic E-state index is 12.8. The topological polar surface area (TPSA) is 372 Å². The Hall–Kier alpha value is -5.58. The summed E-state index contributed by atoms with van der Waals surface area (Å²) in [7, 11) is 0. The van der Waals surface area contributed by atoms with E-state index in [2.05, 4.69) is 42.5 Å². The zero-order valence-electron chi connectivity index (χ0n) is 27.0. The molecule has 0 aliphatic rings. The number of aliphatic carboxylic acids is 1. The Kier molecular flexibility index (Phi) is 21.0. The van der Waals surface area contributed by atoms with Gasteiger partial charge < -0.3 is 68.9 Å². The van der Waals surface area contributed by atoms with Crippen LogP contribution in [0.15, 0.2) is 0 Å². The van der Waals surface area contributed by atoms with Crippen molar-refractivity contribution in [3.63, 3.8) is 0 Å². The fraction of sp³-hybridized carbons (Fsp3) is 0.615. The van der Waals surface area contributed by atoms with Gasteiger partial charge in [-0.05, 0) is 19.8 Å². The standard InChI is InChI=1S/C26H45N11O12/c1-3-29-18(41)8-31-23(47)16(11-38)36-20(43)10-33-24(48)17(12-39)37-25(49)15(7-21(44)45)35-19(42)9-32-22(46)14(34-13(2)40)5-4-6-30-26(27)28/h14-17,38-39H,3-12H2,1-2H3,(H,29,41)(H,31,47)(H,32,46)(H,33,48)(H,34,40)(H,35,42)(H,36,43)(H,37,49)(H,44,45)(H4,27,28,30)/t14?,15-,16-,17-/m0/s1. The third-order valence-corrected chi connectivity index (χ3v) is 6.00. The third-order valence-electron chi connectivity index (χ3n) is 6.00. The molecule has 0 radical (unpaired) electrons. The van der Waals surface area contributed by atoms with Crippen molar-refractivity contribution in [2.45, 2.75) is 57.3 Å². The number of carboxylic acid groups (broad SMARTS) is 1. The Morgan fingerprint density at radius 2 is 1.10 bits per heavy atom. The number of amides is 8. The number of aliphatic hydroxyl groups is 2. The van der Waals surface area contributed by atoms with E-state index in [9.17, 15) is 58.5 Å². The molecule has 23 heteroatoms. The number of carboxylic acids is 1. The van der Waals surface area contributed by atoms with Crippen LogP contribution >= 0.6 is 0 Å². The molecule has 0 heterocycles. The summed E-state index contributed by atoms with van der Waals surface area (Å²) in [6, 6.07) is -6.09. The zero-order valence-corrected chi connectivity index (χ0v) is 27.0. The van der Waals surface area contributed by atoms with E-state index in [1.165, 1.54) is 0 Å². The summed E-state index contributed by atoms with van der Waals surface area (Å²) in [5.41, 5.74) is 5.18. The van der Waals surface area contributed by atoms with Crippen molar-refractivity contribution in [1.82, 2.24) is 47.9 Å². The number of carbonyl (C=O) groups excluding carboxylic acids is 8. The van der Waals surface area contributed by atoms with Crippen LogP contribution in [0.1, 0.15) is 33.1 Å². The summed E-state index contributed by atoms with van der Waals surface area (Å²) in [5.74, 6) is -8.91. The molecule has 0 bridgehead atoms. The minimum atomic E-state index is -1.79. The molecule has 0 saturated carbocycles. The van der Waals surface area contributed by atoms with E-state index < -0.39 is 117 Å². The molecule has 4 atom stereocenters. The first kappa shape index (κ1) is 43.4. The van der Waals surface area contributed by atoms with Crippen molar-refractivity contribution in [2.24, 2.45) is 5.73 Å². The average molecular weight is 704 g/mol. The maximum Gasteiger partial charge on any atom is 0.305 e. The first-order valence-electron chi connectivity index (χ1n) is 14.8. The minimum absolute atomic E-state index is 0.0974. The quantitative estimate of drug-likeness (QED) is 0.0267. The number of aliphatic hydroxyl groups excluding tert-OH is 2. The highest BCUT2D eigenvalue weighted by Gasteiger charge is 2.29. The average Bonchev–Trinajstić information content (AvgIpc) is 3.03. The van der Waals surface area contributed by atoms with Crippen molar-refractivity contribution in [3.8, 4) is 0 Å². The molecule has 0 saturated heterocycles. The van der Waals surface area contributed by atoms with Crippen molar-refractivity contribution in [3.05, 3.63) is 0 Å². The largest absolute Gasteiger partial charge is 0.481 e. The van der Waals surface area contributed by atoms with Crippen LogP contribution in [0.3, 0.4) is 0 Å². The lowest BCUT2D eigenvalue weighted by Gasteiger charge is -2.22. The van der Waals surface area contributed by atoms with E-state index in [0.717, 1.165) is 6.92 Å². The van der Waals surface area contributed by atoms with Gasteiger partial charge in [0.05, 0.1) is 39.3 Å². The van der Waals surface area contributed by atoms with E-state index in [1.54, 1.807) is 6.92 Å².